The van der Waals surface area contributed by atoms with Gasteiger partial charge in [0.05, 0.1) is 19.4 Å². The monoisotopic (exact) mass is 558 g/mol. The summed E-state index contributed by atoms with van der Waals surface area (Å²) in [6.45, 7) is 1.01. The second kappa shape index (κ2) is 12.1. The van der Waals surface area contributed by atoms with Gasteiger partial charge in [-0.2, -0.15) is 0 Å². The van der Waals surface area contributed by atoms with Crippen LogP contribution >= 0.6 is 0 Å². The summed E-state index contributed by atoms with van der Waals surface area (Å²) in [4.78, 5) is 11.8. The van der Waals surface area contributed by atoms with E-state index in [0.717, 1.165) is 61.0 Å². The third kappa shape index (κ3) is 5.64. The molecule has 210 valence electrons. The first-order chi connectivity index (χ1) is 20.6. The lowest BCUT2D eigenvalue weighted by atomic mass is 10.1. The van der Waals surface area contributed by atoms with E-state index in [9.17, 15) is 4.79 Å². The van der Waals surface area contributed by atoms with Crippen molar-refractivity contribution in [1.29, 1.82) is 0 Å². The molecular formula is C35H30N2O5. The number of rotatable bonds is 10. The summed E-state index contributed by atoms with van der Waals surface area (Å²) < 4.78 is 18.1. The molecule has 0 spiro atoms. The number of hydrogen-bond acceptors (Lipinski definition) is 6. The van der Waals surface area contributed by atoms with Crippen LogP contribution < -0.4 is 20.3 Å². The Morgan fingerprint density at radius 1 is 0.833 bits per heavy atom. The number of amides is 1. The van der Waals surface area contributed by atoms with Crippen LogP contribution in [0.25, 0.3) is 38.8 Å². The normalized spacial score (nSPS) is 11.6. The maximum atomic E-state index is 11.8. The summed E-state index contributed by atoms with van der Waals surface area (Å²) in [5.41, 5.74) is 6.48. The van der Waals surface area contributed by atoms with E-state index in [-0.39, 0.29) is 0 Å². The summed E-state index contributed by atoms with van der Waals surface area (Å²) >= 11 is 0. The number of carbonyl (C=O) groups is 1. The van der Waals surface area contributed by atoms with E-state index in [2.05, 4.69) is 29.6 Å². The fourth-order valence-corrected chi connectivity index (χ4v) is 5.12. The average molecular weight is 559 g/mol. The van der Waals surface area contributed by atoms with Crippen molar-refractivity contribution in [2.45, 2.75) is 6.42 Å². The van der Waals surface area contributed by atoms with Gasteiger partial charge in [-0.05, 0) is 46.9 Å². The first kappa shape index (κ1) is 26.9. The maximum Gasteiger partial charge on any atom is 0.274 e. The Hall–Kier alpha value is -5.27. The van der Waals surface area contributed by atoms with Crippen molar-refractivity contribution in [2.75, 3.05) is 25.6 Å². The Bertz CT molecular complexity index is 1900. The standard InChI is InChI=1S/C35H30N2O5/c1-40-34-20-29-28-10-4-5-11-32(28)42-33(29)21-30(34)36-22-24(19-23-13-15-26(16-14-23)35(38)37-39)17-18-41-31-12-6-8-25-7-2-3-9-27(25)31/h2-16,19-21,36,39H,17-18,22H2,1H3,(H,37,38)/b24-19-. The topological polar surface area (TPSA) is 93.0 Å². The van der Waals surface area contributed by atoms with Gasteiger partial charge in [0, 0.05) is 40.8 Å². The fraction of sp³-hybridized carbons (Fsp3) is 0.114. The Balaban J connectivity index is 1.25. The third-order valence-corrected chi connectivity index (χ3v) is 7.28. The number of para-hydroxylation sites is 1. The first-order valence-corrected chi connectivity index (χ1v) is 13.7. The Labute approximate surface area is 242 Å². The van der Waals surface area contributed by atoms with E-state index in [1.54, 1.807) is 24.7 Å². The number of furan rings is 1. The Kier molecular flexibility index (Phi) is 7.74. The number of anilines is 1. The van der Waals surface area contributed by atoms with E-state index in [1.165, 1.54) is 0 Å². The van der Waals surface area contributed by atoms with Gasteiger partial charge in [0.25, 0.3) is 5.91 Å². The lowest BCUT2D eigenvalue weighted by Crippen LogP contribution is -2.18. The van der Waals surface area contributed by atoms with Crippen molar-refractivity contribution in [3.63, 3.8) is 0 Å². The lowest BCUT2D eigenvalue weighted by molar-refractivity contribution is 0.0706. The number of nitrogens with one attached hydrogen (secondary N) is 2. The van der Waals surface area contributed by atoms with Crippen LogP contribution in [0.2, 0.25) is 0 Å². The van der Waals surface area contributed by atoms with Crippen LogP contribution in [0.3, 0.4) is 0 Å². The smallest absolute Gasteiger partial charge is 0.274 e. The molecule has 1 heterocycles. The van der Waals surface area contributed by atoms with E-state index in [1.807, 2.05) is 72.8 Å². The highest BCUT2D eigenvalue weighted by atomic mass is 16.5. The van der Waals surface area contributed by atoms with Gasteiger partial charge in [-0.15, -0.1) is 0 Å². The molecule has 0 atom stereocenters. The van der Waals surface area contributed by atoms with E-state index < -0.39 is 5.91 Å². The van der Waals surface area contributed by atoms with Crippen LogP contribution in [-0.2, 0) is 0 Å². The highest BCUT2D eigenvalue weighted by Gasteiger charge is 2.13. The molecule has 6 aromatic rings. The number of hydroxylamine groups is 1. The van der Waals surface area contributed by atoms with Crippen LogP contribution in [0.1, 0.15) is 22.3 Å². The van der Waals surface area contributed by atoms with Gasteiger partial charge in [0.2, 0.25) is 0 Å². The SMILES string of the molecule is COc1cc2c(cc1NC/C(=C\c1ccc(C(=O)NO)cc1)CCOc1cccc3ccccc13)oc1ccccc12. The molecule has 5 aromatic carbocycles. The summed E-state index contributed by atoms with van der Waals surface area (Å²) in [7, 11) is 1.66. The second-order valence-electron chi connectivity index (χ2n) is 9.94. The number of fused-ring (bicyclic) bond motifs is 4. The van der Waals surface area contributed by atoms with E-state index in [0.29, 0.717) is 25.1 Å². The molecule has 0 unspecified atom stereocenters. The number of methoxy groups -OCH3 is 1. The first-order valence-electron chi connectivity index (χ1n) is 13.7. The van der Waals surface area contributed by atoms with Gasteiger partial charge < -0.3 is 19.2 Å². The highest BCUT2D eigenvalue weighted by Crippen LogP contribution is 2.36. The molecule has 0 fully saturated rings. The van der Waals surface area contributed by atoms with Gasteiger partial charge >= 0.3 is 0 Å². The van der Waals surface area contributed by atoms with Crippen molar-refractivity contribution in [3.8, 4) is 11.5 Å². The van der Waals surface area contributed by atoms with Crippen LogP contribution in [0.4, 0.5) is 5.69 Å². The minimum absolute atomic E-state index is 0.373. The van der Waals surface area contributed by atoms with Crippen LogP contribution in [0.15, 0.2) is 113 Å². The molecule has 0 radical (unpaired) electrons. The molecule has 0 saturated carbocycles. The number of carbonyl (C=O) groups excluding carboxylic acids is 1. The minimum Gasteiger partial charge on any atom is -0.495 e. The molecule has 42 heavy (non-hydrogen) atoms. The molecular weight excluding hydrogens is 528 g/mol. The van der Waals surface area contributed by atoms with Crippen LogP contribution in [0.5, 0.6) is 11.5 Å². The molecule has 0 aliphatic heterocycles. The molecule has 3 N–H and O–H groups in total. The van der Waals surface area contributed by atoms with E-state index in [4.69, 9.17) is 19.1 Å². The quantitative estimate of drug-likeness (QED) is 0.117. The van der Waals surface area contributed by atoms with Crippen molar-refractivity contribution in [2.24, 2.45) is 0 Å². The molecule has 0 saturated heterocycles. The molecule has 7 nitrogen and oxygen atoms in total. The minimum atomic E-state index is -0.552. The highest BCUT2D eigenvalue weighted by molar-refractivity contribution is 6.06. The van der Waals surface area contributed by atoms with Gasteiger partial charge in [-0.3, -0.25) is 10.0 Å². The Morgan fingerprint density at radius 2 is 1.60 bits per heavy atom. The van der Waals surface area contributed by atoms with Crippen molar-refractivity contribution < 1.29 is 23.9 Å². The van der Waals surface area contributed by atoms with Crippen LogP contribution in [-0.4, -0.2) is 31.4 Å². The zero-order chi connectivity index (χ0) is 28.9. The van der Waals surface area contributed by atoms with Gasteiger partial charge in [-0.25, -0.2) is 5.48 Å². The maximum absolute atomic E-state index is 11.8. The molecule has 6 rings (SSSR count). The largest absolute Gasteiger partial charge is 0.495 e. The zero-order valence-electron chi connectivity index (χ0n) is 23.1. The van der Waals surface area contributed by atoms with Gasteiger partial charge in [0.15, 0.2) is 0 Å². The summed E-state index contributed by atoms with van der Waals surface area (Å²) in [6, 6.07) is 33.2. The van der Waals surface area contributed by atoms with Crippen LogP contribution in [0, 0.1) is 0 Å². The summed E-state index contributed by atoms with van der Waals surface area (Å²) in [5, 5.41) is 16.7. The third-order valence-electron chi connectivity index (χ3n) is 7.28. The molecule has 0 bridgehead atoms. The molecule has 0 aliphatic rings. The predicted octanol–water partition coefficient (Wildman–Crippen LogP) is 7.83. The van der Waals surface area contributed by atoms with Gasteiger partial charge in [-0.1, -0.05) is 72.8 Å². The number of ether oxygens (including phenoxy) is 2. The van der Waals surface area contributed by atoms with E-state index >= 15 is 0 Å². The average Bonchev–Trinajstić information content (AvgIpc) is 3.40. The molecule has 1 amide bonds. The Morgan fingerprint density at radius 3 is 2.40 bits per heavy atom. The van der Waals surface area contributed by atoms with Crippen molar-refractivity contribution in [1.82, 2.24) is 5.48 Å². The predicted molar refractivity (Wildman–Crippen MR) is 166 cm³/mol. The van der Waals surface area contributed by atoms with Crippen molar-refractivity contribution >= 4 is 50.4 Å². The van der Waals surface area contributed by atoms with Gasteiger partial charge in [0.1, 0.15) is 22.7 Å². The summed E-state index contributed by atoms with van der Waals surface area (Å²) in [6.07, 6.45) is 2.73. The number of hydrogen-bond donors (Lipinski definition) is 3. The molecule has 7 heteroatoms. The zero-order valence-corrected chi connectivity index (χ0v) is 23.1. The second-order valence-corrected chi connectivity index (χ2v) is 9.94. The lowest BCUT2D eigenvalue weighted by Gasteiger charge is -2.15. The van der Waals surface area contributed by atoms with Crippen molar-refractivity contribution in [3.05, 3.63) is 120 Å². The molecule has 0 aliphatic carbocycles. The number of benzene rings is 5. The molecule has 1 aromatic heterocycles. The summed E-state index contributed by atoms with van der Waals surface area (Å²) in [5.74, 6) is 1.01. The fourth-order valence-electron chi connectivity index (χ4n) is 5.12.